The van der Waals surface area contributed by atoms with Crippen LogP contribution in [0.2, 0.25) is 0 Å². The number of hydrogen-bond acceptors (Lipinski definition) is 7. The molecule has 0 N–H and O–H groups in total. The first-order valence-electron chi connectivity index (χ1n) is 7.15. The molecule has 124 valence electrons. The van der Waals surface area contributed by atoms with Crippen molar-refractivity contribution in [2.24, 2.45) is 0 Å². The molecule has 2 rings (SSSR count). The SMILES string of the molecule is CCC(C)OC(=O)c1sc2ncn(CC(=O)OC)c(=O)c2c1C. The quantitative estimate of drug-likeness (QED) is 0.774. The lowest BCUT2D eigenvalue weighted by Gasteiger charge is -2.09. The summed E-state index contributed by atoms with van der Waals surface area (Å²) in [4.78, 5) is 41.0. The Morgan fingerprint density at radius 2 is 2.13 bits per heavy atom. The Kier molecular flexibility index (Phi) is 5.15. The third-order valence-electron chi connectivity index (χ3n) is 3.51. The fourth-order valence-electron chi connectivity index (χ4n) is 1.99. The van der Waals surface area contributed by atoms with Crippen LogP contribution in [0.25, 0.3) is 10.2 Å². The Balaban J connectivity index is 2.46. The van der Waals surface area contributed by atoms with Crippen molar-refractivity contribution in [2.75, 3.05) is 7.11 Å². The fraction of sp³-hybridized carbons (Fsp3) is 0.467. The molecule has 2 aromatic rings. The zero-order chi connectivity index (χ0) is 17.1. The zero-order valence-corrected chi connectivity index (χ0v) is 14.2. The maximum atomic E-state index is 12.5. The first-order valence-corrected chi connectivity index (χ1v) is 7.97. The van der Waals surface area contributed by atoms with E-state index in [4.69, 9.17) is 4.74 Å². The summed E-state index contributed by atoms with van der Waals surface area (Å²) in [6.45, 7) is 5.18. The molecule has 0 amide bonds. The highest BCUT2D eigenvalue weighted by atomic mass is 32.1. The van der Waals surface area contributed by atoms with Crippen molar-refractivity contribution in [3.8, 4) is 0 Å². The van der Waals surface area contributed by atoms with Gasteiger partial charge in [-0.2, -0.15) is 0 Å². The standard InChI is InChI=1S/C15H18N2O5S/c1-5-8(2)22-15(20)12-9(3)11-13(23-12)16-7-17(14(11)19)6-10(18)21-4/h7-8H,5-6H2,1-4H3. The van der Waals surface area contributed by atoms with Gasteiger partial charge in [0.2, 0.25) is 0 Å². The number of esters is 2. The molecule has 0 saturated carbocycles. The van der Waals surface area contributed by atoms with Crippen molar-refractivity contribution < 1.29 is 19.1 Å². The second-order valence-corrected chi connectivity index (χ2v) is 6.11. The van der Waals surface area contributed by atoms with E-state index in [2.05, 4.69) is 9.72 Å². The predicted octanol–water partition coefficient (Wildman–Crippen LogP) is 1.89. The van der Waals surface area contributed by atoms with Crippen molar-refractivity contribution in [2.45, 2.75) is 39.8 Å². The summed E-state index contributed by atoms with van der Waals surface area (Å²) in [5, 5.41) is 0.331. The van der Waals surface area contributed by atoms with E-state index in [-0.39, 0.29) is 18.2 Å². The van der Waals surface area contributed by atoms with Crippen molar-refractivity contribution in [1.29, 1.82) is 0 Å². The van der Waals surface area contributed by atoms with Gasteiger partial charge < -0.3 is 9.47 Å². The number of methoxy groups -OCH3 is 1. The lowest BCUT2D eigenvalue weighted by Crippen LogP contribution is -2.25. The van der Waals surface area contributed by atoms with E-state index in [1.165, 1.54) is 13.4 Å². The molecule has 8 heteroatoms. The van der Waals surface area contributed by atoms with E-state index in [1.807, 2.05) is 13.8 Å². The minimum absolute atomic E-state index is 0.198. The molecule has 0 spiro atoms. The minimum atomic E-state index is -0.544. The Bertz CT molecular complexity index is 808. The van der Waals surface area contributed by atoms with Crippen LogP contribution in [0.1, 0.15) is 35.5 Å². The number of ether oxygens (including phenoxy) is 2. The summed E-state index contributed by atoms with van der Waals surface area (Å²) >= 11 is 1.12. The topological polar surface area (TPSA) is 87.5 Å². The van der Waals surface area contributed by atoms with E-state index in [0.717, 1.165) is 15.9 Å². The molecule has 0 aliphatic carbocycles. The van der Waals surface area contributed by atoms with Gasteiger partial charge in [-0.25, -0.2) is 9.78 Å². The Morgan fingerprint density at radius 3 is 2.74 bits per heavy atom. The van der Waals surface area contributed by atoms with Gasteiger partial charge in [-0.1, -0.05) is 6.92 Å². The van der Waals surface area contributed by atoms with Gasteiger partial charge >= 0.3 is 11.9 Å². The molecule has 0 aliphatic rings. The van der Waals surface area contributed by atoms with Gasteiger partial charge in [0.05, 0.1) is 24.9 Å². The largest absolute Gasteiger partial charge is 0.468 e. The van der Waals surface area contributed by atoms with E-state index in [1.54, 1.807) is 6.92 Å². The second kappa shape index (κ2) is 6.91. The van der Waals surface area contributed by atoms with E-state index in [0.29, 0.717) is 27.1 Å². The van der Waals surface area contributed by atoms with Crippen LogP contribution >= 0.6 is 11.3 Å². The molecule has 0 bridgehead atoms. The summed E-state index contributed by atoms with van der Waals surface area (Å²) < 4.78 is 11.0. The van der Waals surface area contributed by atoms with Crippen LogP contribution in [-0.4, -0.2) is 34.7 Å². The molecule has 0 aliphatic heterocycles. The summed E-state index contributed by atoms with van der Waals surface area (Å²) in [6.07, 6.45) is 1.79. The molecule has 1 unspecified atom stereocenters. The molecular formula is C15H18N2O5S. The van der Waals surface area contributed by atoms with Gasteiger partial charge in [0.1, 0.15) is 16.3 Å². The number of nitrogens with zero attached hydrogens (tertiary/aromatic N) is 2. The third-order valence-corrected chi connectivity index (χ3v) is 4.69. The smallest absolute Gasteiger partial charge is 0.348 e. The first-order chi connectivity index (χ1) is 10.9. The summed E-state index contributed by atoms with van der Waals surface area (Å²) in [6, 6.07) is 0. The third kappa shape index (κ3) is 3.42. The van der Waals surface area contributed by atoms with Gasteiger partial charge in [0.15, 0.2) is 0 Å². The highest BCUT2D eigenvalue weighted by Crippen LogP contribution is 2.27. The minimum Gasteiger partial charge on any atom is -0.468 e. The molecule has 1 atom stereocenters. The maximum absolute atomic E-state index is 12.5. The molecular weight excluding hydrogens is 320 g/mol. The van der Waals surface area contributed by atoms with Gasteiger partial charge in [-0.15, -0.1) is 11.3 Å². The molecule has 0 fully saturated rings. The van der Waals surface area contributed by atoms with E-state index < -0.39 is 11.9 Å². The summed E-state index contributed by atoms with van der Waals surface area (Å²) in [5.74, 6) is -1.00. The van der Waals surface area contributed by atoms with Crippen molar-refractivity contribution in [1.82, 2.24) is 9.55 Å². The normalized spacial score (nSPS) is 12.2. The molecule has 23 heavy (non-hydrogen) atoms. The van der Waals surface area contributed by atoms with Crippen LogP contribution in [0, 0.1) is 6.92 Å². The van der Waals surface area contributed by atoms with Crippen molar-refractivity contribution in [3.63, 3.8) is 0 Å². The highest BCUT2D eigenvalue weighted by Gasteiger charge is 2.22. The van der Waals surface area contributed by atoms with E-state index in [9.17, 15) is 14.4 Å². The van der Waals surface area contributed by atoms with Crippen LogP contribution in [0.4, 0.5) is 0 Å². The monoisotopic (exact) mass is 338 g/mol. The molecule has 0 radical (unpaired) electrons. The Hall–Kier alpha value is -2.22. The maximum Gasteiger partial charge on any atom is 0.348 e. The Labute approximate surface area is 136 Å². The number of rotatable bonds is 5. The van der Waals surface area contributed by atoms with Crippen LogP contribution in [-0.2, 0) is 20.8 Å². The number of aryl methyl sites for hydroxylation is 1. The lowest BCUT2D eigenvalue weighted by molar-refractivity contribution is -0.141. The average molecular weight is 338 g/mol. The van der Waals surface area contributed by atoms with Crippen molar-refractivity contribution in [3.05, 3.63) is 27.1 Å². The van der Waals surface area contributed by atoms with Crippen LogP contribution in [0.3, 0.4) is 0 Å². The lowest BCUT2D eigenvalue weighted by atomic mass is 10.2. The van der Waals surface area contributed by atoms with Gasteiger partial charge in [-0.3, -0.25) is 14.2 Å². The van der Waals surface area contributed by atoms with Crippen LogP contribution in [0.5, 0.6) is 0 Å². The highest BCUT2D eigenvalue weighted by molar-refractivity contribution is 7.20. The number of thiophene rings is 1. The molecule has 7 nitrogen and oxygen atoms in total. The molecule has 2 heterocycles. The fourth-order valence-corrected chi connectivity index (χ4v) is 3.01. The number of fused-ring (bicyclic) bond motifs is 1. The summed E-state index contributed by atoms with van der Waals surface area (Å²) in [5.41, 5.74) is 0.145. The Morgan fingerprint density at radius 1 is 1.43 bits per heavy atom. The predicted molar refractivity (Wildman–Crippen MR) is 85.8 cm³/mol. The number of aromatic nitrogens is 2. The van der Waals surface area contributed by atoms with Gasteiger partial charge in [0.25, 0.3) is 5.56 Å². The van der Waals surface area contributed by atoms with Crippen LogP contribution < -0.4 is 5.56 Å². The average Bonchev–Trinajstić information content (AvgIpc) is 2.87. The number of carbonyl (C=O) groups is 2. The summed E-state index contributed by atoms with van der Waals surface area (Å²) in [7, 11) is 1.25. The number of hydrogen-bond donors (Lipinski definition) is 0. The second-order valence-electron chi connectivity index (χ2n) is 5.11. The van der Waals surface area contributed by atoms with Crippen molar-refractivity contribution >= 4 is 33.5 Å². The first kappa shape index (κ1) is 17.1. The van der Waals surface area contributed by atoms with Gasteiger partial charge in [-0.05, 0) is 25.8 Å². The zero-order valence-electron chi connectivity index (χ0n) is 13.4. The molecule has 2 aromatic heterocycles. The molecule has 0 saturated heterocycles. The van der Waals surface area contributed by atoms with Gasteiger partial charge in [0, 0.05) is 0 Å². The number of carbonyl (C=O) groups excluding carboxylic acids is 2. The van der Waals surface area contributed by atoms with Crippen LogP contribution in [0.15, 0.2) is 11.1 Å². The van der Waals surface area contributed by atoms with E-state index >= 15 is 0 Å². The molecule has 0 aromatic carbocycles.